The average molecular weight is 290 g/mol. The highest BCUT2D eigenvalue weighted by Crippen LogP contribution is 2.21. The van der Waals surface area contributed by atoms with Gasteiger partial charge in [0.2, 0.25) is 0 Å². The Kier molecular flexibility index (Phi) is 3.99. The van der Waals surface area contributed by atoms with Crippen LogP contribution in [0.15, 0.2) is 47.4 Å². The Hall–Kier alpha value is -2.01. The van der Waals surface area contributed by atoms with Gasteiger partial charge < -0.3 is 5.73 Å². The summed E-state index contributed by atoms with van der Waals surface area (Å²) < 4.78 is 27.1. The summed E-state index contributed by atoms with van der Waals surface area (Å²) in [5, 5.41) is 0. The molecule has 0 aliphatic carbocycles. The number of sulfonamides is 1. The van der Waals surface area contributed by atoms with Crippen LogP contribution in [0.1, 0.15) is 18.1 Å². The van der Waals surface area contributed by atoms with Crippen LogP contribution in [0.5, 0.6) is 0 Å². The lowest BCUT2D eigenvalue weighted by Crippen LogP contribution is -2.13. The second-order valence-electron chi connectivity index (χ2n) is 4.69. The van der Waals surface area contributed by atoms with Crippen LogP contribution in [0, 0.1) is 6.92 Å². The van der Waals surface area contributed by atoms with Crippen molar-refractivity contribution in [3.05, 3.63) is 53.6 Å². The van der Waals surface area contributed by atoms with Gasteiger partial charge in [-0.2, -0.15) is 0 Å². The molecule has 0 amide bonds. The fraction of sp³-hybridized carbons (Fsp3) is 0.200. The number of nitrogens with two attached hydrogens (primary N) is 1. The molecule has 0 aromatic heterocycles. The molecule has 0 unspecified atom stereocenters. The number of hydrogen-bond acceptors (Lipinski definition) is 3. The zero-order valence-electron chi connectivity index (χ0n) is 11.6. The third-order valence-corrected chi connectivity index (χ3v) is 4.46. The van der Waals surface area contributed by atoms with Gasteiger partial charge in [0.25, 0.3) is 10.0 Å². The smallest absolute Gasteiger partial charge is 0.261 e. The van der Waals surface area contributed by atoms with Crippen LogP contribution in [-0.2, 0) is 16.4 Å². The van der Waals surface area contributed by atoms with Crippen LogP contribution in [0.2, 0.25) is 0 Å². The normalized spacial score (nSPS) is 11.3. The fourth-order valence-electron chi connectivity index (χ4n) is 1.98. The van der Waals surface area contributed by atoms with Crippen molar-refractivity contribution in [2.75, 3.05) is 10.5 Å². The zero-order valence-corrected chi connectivity index (χ0v) is 12.4. The predicted octanol–water partition coefficient (Wildman–Crippen LogP) is 2.94. The largest absolute Gasteiger partial charge is 0.398 e. The summed E-state index contributed by atoms with van der Waals surface area (Å²) in [5.74, 6) is 0. The molecule has 0 atom stereocenters. The summed E-state index contributed by atoms with van der Waals surface area (Å²) in [4.78, 5) is 0.246. The van der Waals surface area contributed by atoms with Crippen molar-refractivity contribution < 1.29 is 8.42 Å². The maximum Gasteiger partial charge on any atom is 0.261 e. The summed E-state index contributed by atoms with van der Waals surface area (Å²) in [6.07, 6.45) is 0.816. The lowest BCUT2D eigenvalue weighted by atomic mass is 10.1. The van der Waals surface area contributed by atoms with E-state index in [1.54, 1.807) is 30.3 Å². The molecule has 2 aromatic carbocycles. The molecule has 4 nitrogen and oxygen atoms in total. The summed E-state index contributed by atoms with van der Waals surface area (Å²) in [7, 11) is -3.58. The van der Waals surface area contributed by atoms with Gasteiger partial charge in [-0.15, -0.1) is 0 Å². The lowest BCUT2D eigenvalue weighted by Gasteiger charge is -2.10. The third-order valence-electron chi connectivity index (χ3n) is 3.08. The maximum atomic E-state index is 12.3. The first-order chi connectivity index (χ1) is 9.42. The topological polar surface area (TPSA) is 72.2 Å². The number of nitrogen functional groups attached to an aromatic ring is 1. The molecule has 0 spiro atoms. The van der Waals surface area contributed by atoms with Crippen LogP contribution in [0.3, 0.4) is 0 Å². The molecule has 3 N–H and O–H groups in total. The van der Waals surface area contributed by atoms with Gasteiger partial charge in [0, 0.05) is 5.69 Å². The first-order valence-electron chi connectivity index (χ1n) is 6.40. The molecule has 0 heterocycles. The number of aryl methyl sites for hydroxylation is 2. The summed E-state index contributed by atoms with van der Waals surface area (Å²) >= 11 is 0. The molecule has 0 fully saturated rings. The monoisotopic (exact) mass is 290 g/mol. The van der Waals surface area contributed by atoms with Gasteiger partial charge in [0.1, 0.15) is 0 Å². The lowest BCUT2D eigenvalue weighted by molar-refractivity contribution is 0.601. The SMILES string of the molecule is CCc1ccc(NS(=O)(=O)c2cccc(C)c2)cc1N. The molecule has 2 rings (SSSR count). The number of anilines is 2. The first kappa shape index (κ1) is 14.4. The summed E-state index contributed by atoms with van der Waals surface area (Å²) in [6.45, 7) is 3.86. The fourth-order valence-corrected chi connectivity index (χ4v) is 3.13. The van der Waals surface area contributed by atoms with Crippen LogP contribution < -0.4 is 10.5 Å². The molecule has 5 heteroatoms. The Balaban J connectivity index is 2.31. The second-order valence-corrected chi connectivity index (χ2v) is 6.37. The van der Waals surface area contributed by atoms with E-state index in [1.165, 1.54) is 0 Å². The van der Waals surface area contributed by atoms with Gasteiger partial charge in [0.15, 0.2) is 0 Å². The first-order valence-corrected chi connectivity index (χ1v) is 7.88. The molecular weight excluding hydrogens is 272 g/mol. The average Bonchev–Trinajstić information content (AvgIpc) is 2.38. The van der Waals surface area contributed by atoms with Crippen LogP contribution in [0.4, 0.5) is 11.4 Å². The maximum absolute atomic E-state index is 12.3. The second kappa shape index (κ2) is 5.54. The summed E-state index contributed by atoms with van der Waals surface area (Å²) in [6, 6.07) is 12.0. The number of nitrogens with one attached hydrogen (secondary N) is 1. The van der Waals surface area contributed by atoms with E-state index in [2.05, 4.69) is 4.72 Å². The molecule has 2 aromatic rings. The van der Waals surface area contributed by atoms with E-state index < -0.39 is 10.0 Å². The highest BCUT2D eigenvalue weighted by molar-refractivity contribution is 7.92. The molecule has 0 bridgehead atoms. The van der Waals surface area contributed by atoms with Crippen molar-refractivity contribution in [1.82, 2.24) is 0 Å². The standard InChI is InChI=1S/C15H18N2O2S/c1-3-12-7-8-13(10-15(12)16)17-20(18,19)14-6-4-5-11(2)9-14/h4-10,17H,3,16H2,1-2H3. The van der Waals surface area contributed by atoms with Gasteiger partial charge in [-0.1, -0.05) is 25.1 Å². The quantitative estimate of drug-likeness (QED) is 0.850. The minimum absolute atomic E-state index is 0.246. The van der Waals surface area contributed by atoms with Gasteiger partial charge in [-0.25, -0.2) is 8.42 Å². The predicted molar refractivity (Wildman–Crippen MR) is 82.2 cm³/mol. The van der Waals surface area contributed by atoms with Crippen molar-refractivity contribution in [2.24, 2.45) is 0 Å². The Morgan fingerprint density at radius 3 is 2.50 bits per heavy atom. The molecule has 0 aliphatic heterocycles. The van der Waals surface area contributed by atoms with E-state index in [0.29, 0.717) is 11.4 Å². The Bertz CT molecular complexity index is 724. The Morgan fingerprint density at radius 2 is 1.90 bits per heavy atom. The van der Waals surface area contributed by atoms with Crippen LogP contribution in [0.25, 0.3) is 0 Å². The van der Waals surface area contributed by atoms with Crippen molar-refractivity contribution in [3.63, 3.8) is 0 Å². The molecule has 20 heavy (non-hydrogen) atoms. The highest BCUT2D eigenvalue weighted by atomic mass is 32.2. The van der Waals surface area contributed by atoms with E-state index >= 15 is 0 Å². The van der Waals surface area contributed by atoms with Crippen LogP contribution >= 0.6 is 0 Å². The number of hydrogen-bond donors (Lipinski definition) is 2. The van der Waals surface area contributed by atoms with Crippen LogP contribution in [-0.4, -0.2) is 8.42 Å². The minimum atomic E-state index is -3.58. The molecule has 106 valence electrons. The van der Waals surface area contributed by atoms with Gasteiger partial charge >= 0.3 is 0 Å². The van der Waals surface area contributed by atoms with E-state index in [4.69, 9.17) is 5.73 Å². The van der Waals surface area contributed by atoms with Crippen molar-refractivity contribution >= 4 is 21.4 Å². The van der Waals surface area contributed by atoms with E-state index in [1.807, 2.05) is 26.0 Å². The van der Waals surface area contributed by atoms with Crippen molar-refractivity contribution in [3.8, 4) is 0 Å². The number of rotatable bonds is 4. The van der Waals surface area contributed by atoms with Gasteiger partial charge in [0.05, 0.1) is 10.6 Å². The van der Waals surface area contributed by atoms with Crippen molar-refractivity contribution in [2.45, 2.75) is 25.2 Å². The molecule has 0 aliphatic rings. The molecule has 0 saturated carbocycles. The third kappa shape index (κ3) is 3.11. The number of benzene rings is 2. The van der Waals surface area contributed by atoms with E-state index in [0.717, 1.165) is 17.5 Å². The van der Waals surface area contributed by atoms with Crippen molar-refractivity contribution in [1.29, 1.82) is 0 Å². The Labute approximate surface area is 119 Å². The van der Waals surface area contributed by atoms with E-state index in [9.17, 15) is 8.42 Å². The zero-order chi connectivity index (χ0) is 14.8. The molecular formula is C15H18N2O2S. The van der Waals surface area contributed by atoms with Gasteiger partial charge in [-0.05, 0) is 48.7 Å². The summed E-state index contributed by atoms with van der Waals surface area (Å²) in [5.41, 5.74) is 8.85. The molecule has 0 saturated heterocycles. The Morgan fingerprint density at radius 1 is 1.15 bits per heavy atom. The minimum Gasteiger partial charge on any atom is -0.398 e. The highest BCUT2D eigenvalue weighted by Gasteiger charge is 2.14. The molecule has 0 radical (unpaired) electrons. The van der Waals surface area contributed by atoms with E-state index in [-0.39, 0.29) is 4.90 Å². The van der Waals surface area contributed by atoms with Gasteiger partial charge in [-0.3, -0.25) is 4.72 Å².